The van der Waals surface area contributed by atoms with Crippen molar-refractivity contribution in [3.05, 3.63) is 46.9 Å². The average molecular weight is 260 g/mol. The van der Waals surface area contributed by atoms with Gasteiger partial charge in [-0.15, -0.1) is 0 Å². The van der Waals surface area contributed by atoms with E-state index in [1.807, 2.05) is 26.8 Å². The van der Waals surface area contributed by atoms with Crippen LogP contribution in [0.4, 0.5) is 0 Å². The molecule has 0 amide bonds. The van der Waals surface area contributed by atoms with E-state index in [-0.39, 0.29) is 11.3 Å². The number of aromatic amines is 1. The molecule has 0 unspecified atom stereocenters. The summed E-state index contributed by atoms with van der Waals surface area (Å²) in [6.45, 7) is 10.6. The summed E-state index contributed by atoms with van der Waals surface area (Å²) in [5.74, 6) is 0.0696. The SMILES string of the molecule is C=C(NCC)c1ccc2c(O)c[nH]c(=O)c2c1.CC. The summed E-state index contributed by atoms with van der Waals surface area (Å²) in [6.07, 6.45) is 1.30. The quantitative estimate of drug-likeness (QED) is 0.795. The summed E-state index contributed by atoms with van der Waals surface area (Å²) in [5, 5.41) is 13.7. The Balaban J connectivity index is 0.000000861. The van der Waals surface area contributed by atoms with Crippen LogP contribution < -0.4 is 10.9 Å². The molecule has 0 fully saturated rings. The molecule has 4 heteroatoms. The highest BCUT2D eigenvalue weighted by molar-refractivity contribution is 5.89. The zero-order valence-electron chi connectivity index (χ0n) is 11.6. The van der Waals surface area contributed by atoms with Crippen LogP contribution >= 0.6 is 0 Å². The molecule has 2 aromatic rings. The molecule has 0 aliphatic rings. The van der Waals surface area contributed by atoms with Crippen LogP contribution in [0.2, 0.25) is 0 Å². The van der Waals surface area contributed by atoms with E-state index in [2.05, 4.69) is 16.9 Å². The zero-order chi connectivity index (χ0) is 14.4. The first kappa shape index (κ1) is 14.8. The van der Waals surface area contributed by atoms with Crippen LogP contribution in [0.25, 0.3) is 16.5 Å². The average Bonchev–Trinajstić information content (AvgIpc) is 2.45. The lowest BCUT2D eigenvalue weighted by Crippen LogP contribution is -2.11. The van der Waals surface area contributed by atoms with Crippen LogP contribution in [0.1, 0.15) is 26.3 Å². The van der Waals surface area contributed by atoms with Crippen molar-refractivity contribution >= 4 is 16.5 Å². The van der Waals surface area contributed by atoms with Gasteiger partial charge in [0.15, 0.2) is 0 Å². The second kappa shape index (κ2) is 6.64. The Morgan fingerprint density at radius 2 is 2.05 bits per heavy atom. The smallest absolute Gasteiger partial charge is 0.256 e. The molecule has 0 spiro atoms. The number of rotatable bonds is 3. The molecule has 0 aliphatic carbocycles. The standard InChI is InChI=1S/C13H14N2O2.C2H6/c1-3-14-8(2)9-4-5-10-11(6-9)13(17)15-7-12(10)16;1-2/h4-7,14,16H,2-3H2,1H3,(H,15,17);1-2H3. The van der Waals surface area contributed by atoms with Crippen molar-refractivity contribution in [1.82, 2.24) is 10.3 Å². The predicted molar refractivity (Wildman–Crippen MR) is 80.3 cm³/mol. The third-order valence-electron chi connectivity index (χ3n) is 2.62. The molecule has 1 heterocycles. The maximum Gasteiger partial charge on any atom is 0.256 e. The van der Waals surface area contributed by atoms with E-state index in [0.29, 0.717) is 10.8 Å². The Labute approximate surface area is 112 Å². The van der Waals surface area contributed by atoms with Gasteiger partial charge in [-0.25, -0.2) is 0 Å². The molecule has 0 radical (unpaired) electrons. The predicted octanol–water partition coefficient (Wildman–Crippen LogP) is 2.84. The molecule has 2 rings (SSSR count). The Kier molecular flexibility index (Phi) is 5.18. The molecule has 0 atom stereocenters. The monoisotopic (exact) mass is 260 g/mol. The van der Waals surface area contributed by atoms with Gasteiger partial charge in [-0.1, -0.05) is 26.5 Å². The van der Waals surface area contributed by atoms with E-state index >= 15 is 0 Å². The minimum Gasteiger partial charge on any atom is -0.506 e. The van der Waals surface area contributed by atoms with E-state index in [1.165, 1.54) is 6.20 Å². The summed E-state index contributed by atoms with van der Waals surface area (Å²) in [7, 11) is 0. The van der Waals surface area contributed by atoms with Gasteiger partial charge in [0, 0.05) is 23.8 Å². The molecule has 3 N–H and O–H groups in total. The van der Waals surface area contributed by atoms with Gasteiger partial charge in [0.2, 0.25) is 0 Å². The normalized spacial score (nSPS) is 9.63. The molecule has 1 aromatic heterocycles. The highest BCUT2D eigenvalue weighted by Gasteiger charge is 2.06. The lowest BCUT2D eigenvalue weighted by Gasteiger charge is -2.08. The van der Waals surface area contributed by atoms with E-state index < -0.39 is 0 Å². The first-order valence-corrected chi connectivity index (χ1v) is 6.41. The summed E-state index contributed by atoms with van der Waals surface area (Å²) in [6, 6.07) is 5.27. The molecule has 0 aliphatic heterocycles. The lowest BCUT2D eigenvalue weighted by molar-refractivity contribution is 0.479. The summed E-state index contributed by atoms with van der Waals surface area (Å²) >= 11 is 0. The van der Waals surface area contributed by atoms with Crippen molar-refractivity contribution < 1.29 is 5.11 Å². The number of H-pyrrole nitrogens is 1. The fourth-order valence-electron chi connectivity index (χ4n) is 1.75. The van der Waals surface area contributed by atoms with Gasteiger partial charge in [-0.05, 0) is 24.6 Å². The van der Waals surface area contributed by atoms with Crippen molar-refractivity contribution in [2.75, 3.05) is 6.54 Å². The van der Waals surface area contributed by atoms with Gasteiger partial charge in [-0.3, -0.25) is 4.79 Å². The van der Waals surface area contributed by atoms with Gasteiger partial charge in [0.25, 0.3) is 5.56 Å². The van der Waals surface area contributed by atoms with Crippen molar-refractivity contribution in [3.8, 4) is 5.75 Å². The fraction of sp³-hybridized carbons (Fsp3) is 0.267. The molecular formula is C15H20N2O2. The third-order valence-corrected chi connectivity index (χ3v) is 2.62. The number of aromatic hydroxyl groups is 1. The van der Waals surface area contributed by atoms with E-state index in [9.17, 15) is 9.90 Å². The third kappa shape index (κ3) is 3.16. The molecule has 1 aromatic carbocycles. The molecule has 0 saturated carbocycles. The van der Waals surface area contributed by atoms with Crippen LogP contribution in [-0.4, -0.2) is 16.6 Å². The molecule has 4 nitrogen and oxygen atoms in total. The molecular weight excluding hydrogens is 240 g/mol. The van der Waals surface area contributed by atoms with Crippen LogP contribution in [-0.2, 0) is 0 Å². The molecule has 0 saturated heterocycles. The number of fused-ring (bicyclic) bond motifs is 1. The second-order valence-electron chi connectivity index (χ2n) is 3.77. The minimum absolute atomic E-state index is 0.0696. The molecule has 0 bridgehead atoms. The Bertz CT molecular complexity index is 630. The number of hydrogen-bond donors (Lipinski definition) is 3. The fourth-order valence-corrected chi connectivity index (χ4v) is 1.75. The summed E-state index contributed by atoms with van der Waals surface area (Å²) in [4.78, 5) is 14.1. The first-order valence-electron chi connectivity index (χ1n) is 6.41. The maximum absolute atomic E-state index is 11.6. The van der Waals surface area contributed by atoms with Crippen LogP contribution in [0.15, 0.2) is 35.8 Å². The Morgan fingerprint density at radius 3 is 2.68 bits per heavy atom. The summed E-state index contributed by atoms with van der Waals surface area (Å²) in [5.41, 5.74) is 1.39. The Hall–Kier alpha value is -2.23. The number of hydrogen-bond acceptors (Lipinski definition) is 3. The van der Waals surface area contributed by atoms with Gasteiger partial charge in [-0.2, -0.15) is 0 Å². The van der Waals surface area contributed by atoms with Gasteiger partial charge in [0.1, 0.15) is 5.75 Å². The summed E-state index contributed by atoms with van der Waals surface area (Å²) < 4.78 is 0. The highest BCUT2D eigenvalue weighted by Crippen LogP contribution is 2.23. The number of pyridine rings is 1. The van der Waals surface area contributed by atoms with Crippen molar-refractivity contribution in [2.45, 2.75) is 20.8 Å². The van der Waals surface area contributed by atoms with Gasteiger partial charge in [0.05, 0.1) is 5.39 Å². The van der Waals surface area contributed by atoms with Gasteiger partial charge >= 0.3 is 0 Å². The molecule has 102 valence electrons. The lowest BCUT2D eigenvalue weighted by atomic mass is 10.1. The maximum atomic E-state index is 11.6. The Morgan fingerprint density at radius 1 is 1.37 bits per heavy atom. The van der Waals surface area contributed by atoms with Crippen LogP contribution in [0.5, 0.6) is 5.75 Å². The van der Waals surface area contributed by atoms with Gasteiger partial charge < -0.3 is 15.4 Å². The van der Waals surface area contributed by atoms with Crippen LogP contribution in [0.3, 0.4) is 0 Å². The first-order chi connectivity index (χ1) is 9.13. The highest BCUT2D eigenvalue weighted by atomic mass is 16.3. The zero-order valence-corrected chi connectivity index (χ0v) is 11.6. The number of benzene rings is 1. The largest absolute Gasteiger partial charge is 0.506 e. The second-order valence-corrected chi connectivity index (χ2v) is 3.77. The van der Waals surface area contributed by atoms with E-state index in [4.69, 9.17) is 0 Å². The minimum atomic E-state index is -0.219. The van der Waals surface area contributed by atoms with Crippen molar-refractivity contribution in [1.29, 1.82) is 0 Å². The number of nitrogens with one attached hydrogen (secondary N) is 2. The van der Waals surface area contributed by atoms with Crippen molar-refractivity contribution in [2.24, 2.45) is 0 Å². The topological polar surface area (TPSA) is 65.1 Å². The number of aromatic nitrogens is 1. The van der Waals surface area contributed by atoms with E-state index in [1.54, 1.807) is 12.1 Å². The van der Waals surface area contributed by atoms with E-state index in [0.717, 1.165) is 17.8 Å². The molecule has 19 heavy (non-hydrogen) atoms. The van der Waals surface area contributed by atoms with Crippen LogP contribution in [0, 0.1) is 0 Å². The van der Waals surface area contributed by atoms with Crippen molar-refractivity contribution in [3.63, 3.8) is 0 Å².